The molecule has 3 heteroatoms. The Bertz CT molecular complexity index is 4660. The van der Waals surface area contributed by atoms with E-state index in [-0.39, 0.29) is 0 Å². The first-order chi connectivity index (χ1) is 41.2. The van der Waals surface area contributed by atoms with Crippen LogP contribution in [0, 0.1) is 0 Å². The summed E-state index contributed by atoms with van der Waals surface area (Å²) >= 11 is 0. The highest BCUT2D eigenvalue weighted by Crippen LogP contribution is 2.64. The summed E-state index contributed by atoms with van der Waals surface area (Å²) in [5.74, 6) is 3.56. The molecule has 0 saturated heterocycles. The van der Waals surface area contributed by atoms with Gasteiger partial charge in [-0.3, -0.25) is 0 Å². The van der Waals surface area contributed by atoms with Gasteiger partial charge in [0.05, 0.1) is 22.2 Å². The van der Waals surface area contributed by atoms with Crippen LogP contribution in [0.1, 0.15) is 44.5 Å². The van der Waals surface area contributed by atoms with Crippen LogP contribution in [0.15, 0.2) is 309 Å². The van der Waals surface area contributed by atoms with Gasteiger partial charge >= 0.3 is 0 Å². The third-order valence-corrected chi connectivity index (χ3v) is 18.1. The van der Waals surface area contributed by atoms with Crippen LogP contribution in [0.4, 0.5) is 17.1 Å². The van der Waals surface area contributed by atoms with E-state index in [0.717, 1.165) is 95.7 Å². The van der Waals surface area contributed by atoms with Crippen molar-refractivity contribution in [3.63, 3.8) is 0 Å². The van der Waals surface area contributed by atoms with Gasteiger partial charge in [0.15, 0.2) is 0 Å². The Balaban J connectivity index is 0.831. The molecular weight excluding hydrogens is 1010 g/mol. The van der Waals surface area contributed by atoms with Crippen molar-refractivity contribution in [3.8, 4) is 89.8 Å². The standard InChI is InChI=1S/C80H51NO2/c1-2-20-52(21-3-1)53-38-40-55(41-39-53)59-22-6-14-32-73(59)81(58-46-42-54(43-47-58)56-44-48-63-61-24-4-8-26-65(61)80(72(63)51-56)70-30-12-18-36-77(70)83-78-37-19-13-31-71(78)80)74-33-15-7-23-60(74)57-45-49-67-64(50-57)62-25-5-9-27-66(62)79(67)68-28-10-16-34-75(68)82-76-35-17-11-29-69(76)79/h1-51H. The zero-order valence-electron chi connectivity index (χ0n) is 45.2. The fraction of sp³-hybridized carbons (Fsp3) is 0.0250. The van der Waals surface area contributed by atoms with Crippen molar-refractivity contribution in [2.45, 2.75) is 10.8 Å². The van der Waals surface area contributed by atoms with Crippen molar-refractivity contribution in [3.05, 3.63) is 354 Å². The van der Waals surface area contributed by atoms with Crippen molar-refractivity contribution in [1.82, 2.24) is 0 Å². The molecule has 13 aromatic rings. The van der Waals surface area contributed by atoms with Crippen molar-refractivity contribution in [2.75, 3.05) is 4.90 Å². The number of fused-ring (bicyclic) bond motifs is 18. The van der Waals surface area contributed by atoms with Gasteiger partial charge < -0.3 is 14.4 Å². The van der Waals surface area contributed by atoms with E-state index in [1.165, 1.54) is 55.6 Å². The van der Waals surface area contributed by atoms with Gasteiger partial charge in [-0.15, -0.1) is 0 Å². The molecule has 4 aliphatic rings. The molecule has 0 aromatic heterocycles. The van der Waals surface area contributed by atoms with E-state index in [0.29, 0.717) is 0 Å². The molecule has 83 heavy (non-hydrogen) atoms. The Morgan fingerprint density at radius 1 is 0.205 bits per heavy atom. The molecule has 0 unspecified atom stereocenters. The molecule has 0 bridgehead atoms. The molecule has 0 fully saturated rings. The van der Waals surface area contributed by atoms with E-state index in [4.69, 9.17) is 9.47 Å². The minimum Gasteiger partial charge on any atom is -0.457 e. The molecule has 0 amide bonds. The number of hydrogen-bond acceptors (Lipinski definition) is 3. The Hall–Kier alpha value is -10.7. The average molecular weight is 1060 g/mol. The number of benzene rings is 13. The molecule has 2 aliphatic heterocycles. The summed E-state index contributed by atoms with van der Waals surface area (Å²) < 4.78 is 13.4. The van der Waals surface area contributed by atoms with Gasteiger partial charge in [0.25, 0.3) is 0 Å². The predicted molar refractivity (Wildman–Crippen MR) is 338 cm³/mol. The van der Waals surface area contributed by atoms with Crippen molar-refractivity contribution >= 4 is 17.1 Å². The lowest BCUT2D eigenvalue weighted by Gasteiger charge is -2.39. The number of rotatable bonds is 7. The molecule has 0 saturated carbocycles. The van der Waals surface area contributed by atoms with Crippen LogP contribution in [-0.4, -0.2) is 0 Å². The second-order valence-electron chi connectivity index (χ2n) is 22.2. The fourth-order valence-corrected chi connectivity index (χ4v) is 14.6. The topological polar surface area (TPSA) is 21.7 Å². The Morgan fingerprint density at radius 3 is 1.11 bits per heavy atom. The van der Waals surface area contributed by atoms with Crippen LogP contribution in [0.3, 0.4) is 0 Å². The largest absolute Gasteiger partial charge is 0.457 e. The number of para-hydroxylation sites is 6. The third-order valence-electron chi connectivity index (χ3n) is 18.1. The summed E-state index contributed by atoms with van der Waals surface area (Å²) in [5, 5.41) is 0. The molecule has 0 atom stereocenters. The van der Waals surface area contributed by atoms with Gasteiger partial charge in [0.1, 0.15) is 23.0 Å². The Morgan fingerprint density at radius 2 is 0.554 bits per heavy atom. The molecule has 0 radical (unpaired) electrons. The second kappa shape index (κ2) is 18.4. The Kier molecular flexibility index (Phi) is 10.4. The molecule has 2 aliphatic carbocycles. The summed E-state index contributed by atoms with van der Waals surface area (Å²) in [6.45, 7) is 0. The lowest BCUT2D eigenvalue weighted by atomic mass is 9.66. The minimum absolute atomic E-state index is 0.554. The lowest BCUT2D eigenvalue weighted by molar-refractivity contribution is 0.436. The van der Waals surface area contributed by atoms with E-state index in [2.05, 4.69) is 314 Å². The first-order valence-electron chi connectivity index (χ1n) is 28.6. The summed E-state index contributed by atoms with van der Waals surface area (Å²) in [7, 11) is 0. The smallest absolute Gasteiger partial charge is 0.132 e. The molecule has 13 aromatic carbocycles. The molecule has 3 nitrogen and oxygen atoms in total. The quantitative estimate of drug-likeness (QED) is 0.159. The van der Waals surface area contributed by atoms with Crippen LogP contribution in [0.5, 0.6) is 23.0 Å². The van der Waals surface area contributed by atoms with E-state index in [9.17, 15) is 0 Å². The maximum Gasteiger partial charge on any atom is 0.132 e. The highest BCUT2D eigenvalue weighted by atomic mass is 16.5. The summed E-state index contributed by atoms with van der Waals surface area (Å²) in [4.78, 5) is 2.47. The summed E-state index contributed by atoms with van der Waals surface area (Å²) in [6, 6.07) is 113. The maximum atomic E-state index is 6.69. The van der Waals surface area contributed by atoms with Crippen molar-refractivity contribution in [2.24, 2.45) is 0 Å². The van der Waals surface area contributed by atoms with Gasteiger partial charge in [0, 0.05) is 39.1 Å². The van der Waals surface area contributed by atoms with E-state index in [1.807, 2.05) is 0 Å². The third kappa shape index (κ3) is 6.86. The van der Waals surface area contributed by atoms with E-state index in [1.54, 1.807) is 0 Å². The highest BCUT2D eigenvalue weighted by Gasteiger charge is 2.52. The van der Waals surface area contributed by atoms with Crippen LogP contribution in [0.25, 0.3) is 66.8 Å². The lowest BCUT2D eigenvalue weighted by Crippen LogP contribution is -2.32. The summed E-state index contributed by atoms with van der Waals surface area (Å²) in [5.41, 5.74) is 25.9. The number of hydrogen-bond donors (Lipinski definition) is 0. The molecule has 388 valence electrons. The first kappa shape index (κ1) is 47.1. The van der Waals surface area contributed by atoms with Gasteiger partial charge in [-0.2, -0.15) is 0 Å². The van der Waals surface area contributed by atoms with Gasteiger partial charge in [-0.05, 0) is 139 Å². The van der Waals surface area contributed by atoms with E-state index < -0.39 is 10.8 Å². The fourth-order valence-electron chi connectivity index (χ4n) is 14.6. The second-order valence-corrected chi connectivity index (χ2v) is 22.2. The minimum atomic E-state index is -0.559. The van der Waals surface area contributed by atoms with Crippen LogP contribution in [0.2, 0.25) is 0 Å². The highest BCUT2D eigenvalue weighted by molar-refractivity contribution is 5.97. The SMILES string of the molecule is c1ccc(-c2ccc(-c3ccccc3N(c3ccc(-c4ccc5c(c4)C4(c6ccccc6Oc6ccccc64)c4ccccc4-5)cc3)c3ccccc3-c3ccc4c(c3)-c3ccccc3C43c4ccccc4Oc4ccccc43)cc2)cc1. The molecule has 17 rings (SSSR count). The monoisotopic (exact) mass is 1060 g/mol. The Labute approximate surface area is 483 Å². The van der Waals surface area contributed by atoms with Crippen LogP contribution < -0.4 is 14.4 Å². The molecular formula is C80H51NO2. The first-order valence-corrected chi connectivity index (χ1v) is 28.6. The molecule has 2 spiro atoms. The van der Waals surface area contributed by atoms with Gasteiger partial charge in [-0.1, -0.05) is 249 Å². The summed E-state index contributed by atoms with van der Waals surface area (Å²) in [6.07, 6.45) is 0. The molecule has 0 N–H and O–H groups in total. The van der Waals surface area contributed by atoms with Crippen LogP contribution in [-0.2, 0) is 10.8 Å². The van der Waals surface area contributed by atoms with Gasteiger partial charge in [-0.25, -0.2) is 0 Å². The average Bonchev–Trinajstić information content (AvgIpc) is 2.22. The maximum absolute atomic E-state index is 6.69. The number of anilines is 3. The predicted octanol–water partition coefficient (Wildman–Crippen LogP) is 20.8. The number of nitrogens with zero attached hydrogens (tertiary/aromatic N) is 1. The van der Waals surface area contributed by atoms with Crippen molar-refractivity contribution < 1.29 is 9.47 Å². The zero-order chi connectivity index (χ0) is 54.6. The van der Waals surface area contributed by atoms with Crippen LogP contribution >= 0.6 is 0 Å². The zero-order valence-corrected chi connectivity index (χ0v) is 45.2. The number of ether oxygens (including phenoxy) is 2. The van der Waals surface area contributed by atoms with Gasteiger partial charge in [0.2, 0.25) is 0 Å². The van der Waals surface area contributed by atoms with E-state index >= 15 is 0 Å². The molecule has 2 heterocycles. The normalized spacial score (nSPS) is 13.7. The van der Waals surface area contributed by atoms with Crippen molar-refractivity contribution in [1.29, 1.82) is 0 Å².